The van der Waals surface area contributed by atoms with Crippen molar-refractivity contribution in [1.29, 1.82) is 0 Å². The van der Waals surface area contributed by atoms with Crippen LogP contribution in [0.5, 0.6) is 5.75 Å². The number of nitrogens with zero attached hydrogens (tertiary/aromatic N) is 1. The minimum Gasteiger partial charge on any atom is -0.628 e. The summed E-state index contributed by atoms with van der Waals surface area (Å²) < 4.78 is 118. The molecule has 0 bridgehead atoms. The molecule has 1 saturated heterocycles. The van der Waals surface area contributed by atoms with Crippen LogP contribution in [0.25, 0.3) is 5.70 Å². The van der Waals surface area contributed by atoms with Gasteiger partial charge in [0.2, 0.25) is 0 Å². The van der Waals surface area contributed by atoms with Gasteiger partial charge in [-0.15, -0.1) is 0 Å². The number of quaternary nitrogens is 1. The highest BCUT2D eigenvalue weighted by molar-refractivity contribution is 7.91. The van der Waals surface area contributed by atoms with E-state index in [9.17, 15) is 40.0 Å². The monoisotopic (exact) mass is 648 g/mol. The van der Waals surface area contributed by atoms with E-state index in [1.807, 2.05) is 0 Å². The summed E-state index contributed by atoms with van der Waals surface area (Å²) >= 11 is 0. The summed E-state index contributed by atoms with van der Waals surface area (Å²) in [5, 5.41) is 19.9. The van der Waals surface area contributed by atoms with Gasteiger partial charge in [-0.05, 0) is 35.9 Å². The molecule has 0 spiro atoms. The number of benzene rings is 2. The van der Waals surface area contributed by atoms with E-state index in [1.165, 1.54) is 13.2 Å². The predicted octanol–water partition coefficient (Wildman–Crippen LogP) is 2.52. The largest absolute Gasteiger partial charge is 0.628 e. The number of hydroxylamine groups is 2. The average Bonchev–Trinajstić information content (AvgIpc) is 2.96. The van der Waals surface area contributed by atoms with Crippen molar-refractivity contribution in [2.75, 3.05) is 44.9 Å². The lowest BCUT2D eigenvalue weighted by atomic mass is 9.93. The van der Waals surface area contributed by atoms with Crippen LogP contribution in [0.2, 0.25) is 0 Å². The summed E-state index contributed by atoms with van der Waals surface area (Å²) in [5.41, 5.74) is -2.57. The van der Waals surface area contributed by atoms with Crippen LogP contribution >= 0.6 is 0 Å². The maximum absolute atomic E-state index is 14.5. The van der Waals surface area contributed by atoms with Crippen molar-refractivity contribution in [3.63, 3.8) is 0 Å². The summed E-state index contributed by atoms with van der Waals surface area (Å²) in [5.74, 6) is 0.205. The SMILES string of the molecule is COc1ccccc1/C1=C/C(N2CCS(=O)(=O)CC2)OC2=C(CNCN2)C(Cc2cc(C(F)(F)F)cc(C(F)(F)F)c2)[NH+]1[O-]. The number of methoxy groups -OCH3 is 1. The fraction of sp³-hybridized carbons (Fsp3) is 0.429. The quantitative estimate of drug-likeness (QED) is 0.336. The van der Waals surface area contributed by atoms with Crippen molar-refractivity contribution in [2.45, 2.75) is 31.0 Å². The Morgan fingerprint density at radius 2 is 1.68 bits per heavy atom. The van der Waals surface area contributed by atoms with Gasteiger partial charge in [-0.2, -0.15) is 26.3 Å². The normalized spacial score (nSPS) is 25.9. The minimum absolute atomic E-state index is 0.0462. The Hall–Kier alpha value is -3.31. The predicted molar refractivity (Wildman–Crippen MR) is 147 cm³/mol. The van der Waals surface area contributed by atoms with Gasteiger partial charge in [-0.25, -0.2) is 8.42 Å². The lowest BCUT2D eigenvalue weighted by Gasteiger charge is -2.42. The Morgan fingerprint density at radius 3 is 2.30 bits per heavy atom. The summed E-state index contributed by atoms with van der Waals surface area (Å²) in [6.45, 7) is 0.507. The third-order valence-electron chi connectivity index (χ3n) is 7.75. The number of alkyl halides is 6. The fourth-order valence-electron chi connectivity index (χ4n) is 5.50. The Balaban J connectivity index is 1.64. The second-order valence-electron chi connectivity index (χ2n) is 10.6. The zero-order chi connectivity index (χ0) is 31.9. The molecule has 2 aromatic carbocycles. The van der Waals surface area contributed by atoms with Gasteiger partial charge in [0.15, 0.2) is 21.9 Å². The van der Waals surface area contributed by atoms with Gasteiger partial charge in [0.05, 0.1) is 47.5 Å². The van der Waals surface area contributed by atoms with E-state index >= 15 is 0 Å². The lowest BCUT2D eigenvalue weighted by Crippen LogP contribution is -3.09. The van der Waals surface area contributed by atoms with Crippen LogP contribution in [-0.2, 0) is 33.3 Å². The molecule has 44 heavy (non-hydrogen) atoms. The Bertz CT molecular complexity index is 1510. The van der Waals surface area contributed by atoms with Crippen LogP contribution in [0, 0.1) is 5.21 Å². The van der Waals surface area contributed by atoms with Crippen molar-refractivity contribution >= 4 is 15.5 Å². The standard InChI is InChI=1S/C28H30F6N4O5S/c1-42-24-5-3-2-4-20(24)23-14-25(37-6-8-44(40,41)9-7-37)43-26-21(15-35-16-36-26)22(38(23)39)12-17-10-18(27(29,30)31)13-19(11-17)28(32,33)34/h2-5,10-11,13-14,22,25,35-36,38H,6-9,12,15-16H2,1H3/b23-14-. The van der Waals surface area contributed by atoms with Gasteiger partial charge in [0.1, 0.15) is 17.5 Å². The number of nitrogens with one attached hydrogen (secondary N) is 3. The molecule has 0 aromatic heterocycles. The van der Waals surface area contributed by atoms with Crippen molar-refractivity contribution in [3.05, 3.63) is 87.5 Å². The van der Waals surface area contributed by atoms with Crippen molar-refractivity contribution in [1.82, 2.24) is 15.5 Å². The number of sulfone groups is 1. The molecule has 16 heteroatoms. The Kier molecular flexibility index (Phi) is 8.92. The van der Waals surface area contributed by atoms with Crippen molar-refractivity contribution < 1.29 is 49.3 Å². The van der Waals surface area contributed by atoms with Gasteiger partial charge in [0.25, 0.3) is 0 Å². The van der Waals surface area contributed by atoms with Crippen LogP contribution in [0.4, 0.5) is 26.3 Å². The molecular formula is C28H30F6N4O5S. The van der Waals surface area contributed by atoms with Crippen LogP contribution in [-0.4, -0.2) is 70.5 Å². The molecule has 2 aromatic rings. The van der Waals surface area contributed by atoms with E-state index in [2.05, 4.69) is 10.6 Å². The van der Waals surface area contributed by atoms with Gasteiger partial charge < -0.3 is 25.1 Å². The summed E-state index contributed by atoms with van der Waals surface area (Å²) in [7, 11) is -1.86. The summed E-state index contributed by atoms with van der Waals surface area (Å²) in [4.78, 5) is 1.75. The smallest absolute Gasteiger partial charge is 0.416 e. The highest BCUT2D eigenvalue weighted by Crippen LogP contribution is 2.37. The topological polar surface area (TPSA) is 107 Å². The molecule has 3 heterocycles. The molecule has 0 aliphatic carbocycles. The minimum atomic E-state index is -5.06. The van der Waals surface area contributed by atoms with Crippen LogP contribution < -0.4 is 20.4 Å². The third kappa shape index (κ3) is 6.99. The molecular weight excluding hydrogens is 618 g/mol. The molecule has 3 aliphatic rings. The van der Waals surface area contributed by atoms with Crippen molar-refractivity contribution in [2.24, 2.45) is 0 Å². The third-order valence-corrected chi connectivity index (χ3v) is 9.36. The number of hydrogen-bond acceptors (Lipinski definition) is 8. The fourth-order valence-corrected chi connectivity index (χ4v) is 6.73. The van der Waals surface area contributed by atoms with E-state index in [0.29, 0.717) is 29.0 Å². The zero-order valence-electron chi connectivity index (χ0n) is 23.4. The first-order valence-corrected chi connectivity index (χ1v) is 15.4. The Morgan fingerprint density at radius 1 is 1.05 bits per heavy atom. The van der Waals surface area contributed by atoms with Gasteiger partial charge in [-0.1, -0.05) is 12.1 Å². The van der Waals surface area contributed by atoms with Gasteiger partial charge in [-0.3, -0.25) is 10.2 Å². The highest BCUT2D eigenvalue weighted by atomic mass is 32.2. The number of ether oxygens (including phenoxy) is 2. The van der Waals surface area contributed by atoms with Crippen LogP contribution in [0.15, 0.2) is 60.0 Å². The number of rotatable bonds is 5. The highest BCUT2D eigenvalue weighted by Gasteiger charge is 2.40. The zero-order valence-corrected chi connectivity index (χ0v) is 24.2. The first-order valence-electron chi connectivity index (χ1n) is 13.6. The second kappa shape index (κ2) is 12.2. The second-order valence-corrected chi connectivity index (χ2v) is 13.0. The van der Waals surface area contributed by atoms with Gasteiger partial charge >= 0.3 is 12.4 Å². The molecule has 0 radical (unpaired) electrons. The molecule has 3 atom stereocenters. The number of hydrogen-bond donors (Lipinski definition) is 3. The van der Waals surface area contributed by atoms with E-state index in [-0.39, 0.29) is 61.0 Å². The van der Waals surface area contributed by atoms with E-state index < -0.39 is 57.1 Å². The van der Waals surface area contributed by atoms with Crippen LogP contribution in [0.3, 0.4) is 0 Å². The Labute approximate surface area is 249 Å². The molecule has 0 amide bonds. The van der Waals surface area contributed by atoms with Crippen molar-refractivity contribution in [3.8, 4) is 5.75 Å². The number of para-hydroxylation sites is 1. The first kappa shape index (κ1) is 32.1. The first-order chi connectivity index (χ1) is 20.7. The molecule has 3 N–H and O–H groups in total. The molecule has 240 valence electrons. The average molecular weight is 649 g/mol. The van der Waals surface area contributed by atoms with E-state index in [1.54, 1.807) is 29.2 Å². The van der Waals surface area contributed by atoms with Crippen LogP contribution in [0.1, 0.15) is 22.3 Å². The van der Waals surface area contributed by atoms with Gasteiger partial charge in [0, 0.05) is 32.1 Å². The number of halogens is 6. The maximum atomic E-state index is 14.5. The van der Waals surface area contributed by atoms with E-state index in [0.717, 1.165) is 0 Å². The molecule has 5 rings (SSSR count). The molecule has 9 nitrogen and oxygen atoms in total. The summed E-state index contributed by atoms with van der Waals surface area (Å²) in [6.07, 6.45) is -10.0. The summed E-state index contributed by atoms with van der Waals surface area (Å²) in [6, 6.07) is 6.60. The lowest BCUT2D eigenvalue weighted by molar-refractivity contribution is -0.793. The maximum Gasteiger partial charge on any atom is 0.416 e. The molecule has 0 saturated carbocycles. The molecule has 1 fully saturated rings. The van der Waals surface area contributed by atoms with E-state index in [4.69, 9.17) is 9.47 Å². The molecule has 3 aliphatic heterocycles. The molecule has 3 unspecified atom stereocenters.